The number of hydrogen-bond acceptors (Lipinski definition) is 4. The van der Waals surface area contributed by atoms with E-state index in [9.17, 15) is 24.6 Å². The molecule has 2 amide bonds. The second kappa shape index (κ2) is 7.45. The van der Waals surface area contributed by atoms with Crippen LogP contribution >= 0.6 is 0 Å². The van der Waals surface area contributed by atoms with Crippen LogP contribution in [0.5, 0.6) is 5.75 Å². The molecule has 0 radical (unpaired) electrons. The van der Waals surface area contributed by atoms with Gasteiger partial charge in [-0.1, -0.05) is 51.0 Å². The second-order valence-electron chi connectivity index (χ2n) is 13.0. The van der Waals surface area contributed by atoms with Crippen molar-refractivity contribution in [3.8, 4) is 5.75 Å². The summed E-state index contributed by atoms with van der Waals surface area (Å²) in [4.78, 5) is 41.9. The van der Waals surface area contributed by atoms with Crippen LogP contribution in [0.15, 0.2) is 35.9 Å². The Morgan fingerprint density at radius 3 is 2.44 bits per heavy atom. The van der Waals surface area contributed by atoms with E-state index in [1.54, 1.807) is 18.2 Å². The summed E-state index contributed by atoms with van der Waals surface area (Å²) in [5, 5.41) is 20.8. The van der Waals surface area contributed by atoms with Crippen molar-refractivity contribution in [3.05, 3.63) is 35.9 Å². The average molecular weight is 492 g/mol. The van der Waals surface area contributed by atoms with E-state index in [4.69, 9.17) is 0 Å². The largest absolute Gasteiger partial charge is 0.506 e. The van der Waals surface area contributed by atoms with Gasteiger partial charge in [-0.3, -0.25) is 14.4 Å². The van der Waals surface area contributed by atoms with Crippen molar-refractivity contribution >= 4 is 23.5 Å². The van der Waals surface area contributed by atoms with Gasteiger partial charge in [0.1, 0.15) is 5.75 Å². The predicted octanol–water partition coefficient (Wildman–Crippen LogP) is 5.41. The average Bonchev–Trinajstić information content (AvgIpc) is 3.10. The summed E-state index contributed by atoms with van der Waals surface area (Å²) in [6, 6.07) is 6.60. The maximum Gasteiger partial charge on any atom is 0.309 e. The summed E-state index contributed by atoms with van der Waals surface area (Å²) in [5.74, 6) is -1.54. The van der Waals surface area contributed by atoms with Gasteiger partial charge in [0.2, 0.25) is 11.8 Å². The summed E-state index contributed by atoms with van der Waals surface area (Å²) in [7, 11) is 0. The highest BCUT2D eigenvalue weighted by molar-refractivity contribution is 6.23. The second-order valence-corrected chi connectivity index (χ2v) is 13.0. The number of aromatic hydroxyl groups is 1. The van der Waals surface area contributed by atoms with Crippen LogP contribution in [0, 0.1) is 51.8 Å². The molecule has 1 aliphatic heterocycles. The summed E-state index contributed by atoms with van der Waals surface area (Å²) in [5.41, 5.74) is 0.153. The summed E-state index contributed by atoms with van der Waals surface area (Å²) >= 11 is 0. The van der Waals surface area contributed by atoms with Crippen LogP contribution in [0.2, 0.25) is 0 Å². The highest BCUT2D eigenvalue weighted by Crippen LogP contribution is 2.74. The van der Waals surface area contributed by atoms with Crippen molar-refractivity contribution in [2.75, 3.05) is 4.90 Å². The number of carbonyl (C=O) groups excluding carboxylic acids is 2. The first-order valence-electron chi connectivity index (χ1n) is 13.6. The molecule has 1 spiro atoms. The molecule has 0 aromatic heterocycles. The monoisotopic (exact) mass is 491 g/mol. The number of rotatable bonds is 3. The zero-order valence-electron chi connectivity index (χ0n) is 21.7. The van der Waals surface area contributed by atoms with Gasteiger partial charge in [0.05, 0.1) is 22.9 Å². The zero-order chi connectivity index (χ0) is 25.8. The lowest BCUT2D eigenvalue weighted by atomic mass is 9.34. The molecule has 1 aromatic carbocycles. The first kappa shape index (κ1) is 23.7. The molecule has 6 heteroatoms. The fourth-order valence-corrected chi connectivity index (χ4v) is 9.85. The zero-order valence-corrected chi connectivity index (χ0v) is 21.7. The van der Waals surface area contributed by atoms with Crippen molar-refractivity contribution in [2.24, 2.45) is 51.8 Å². The lowest BCUT2D eigenvalue weighted by Gasteiger charge is -2.68. The molecule has 2 N–H and O–H groups in total. The summed E-state index contributed by atoms with van der Waals surface area (Å²) in [6.45, 7) is 8.55. The van der Waals surface area contributed by atoms with E-state index in [1.165, 1.54) is 16.5 Å². The molecule has 192 valence electrons. The number of anilines is 1. The standard InChI is InChI=1S/C30H37NO5/c1-16(2)18-15-30-13-10-21-28(3,11-7-12-29(21,4)27(35)36)22(30)14-17(18)23-24(30)26(34)31(25(23)33)19-8-5-6-9-20(19)32/h5-6,8-9,15-17,21-24,32H,7,10-14H2,1-4H3,(H,35,36)/t17-,21-,22-,23+,24-,28-,29+,30-/m0/s1. The van der Waals surface area contributed by atoms with Crippen molar-refractivity contribution in [3.63, 3.8) is 0 Å². The Hall–Kier alpha value is -2.63. The topological polar surface area (TPSA) is 94.9 Å². The number of phenols is 1. The molecular weight excluding hydrogens is 454 g/mol. The normalized spacial score (nSPS) is 43.2. The van der Waals surface area contributed by atoms with Crippen LogP contribution in [-0.4, -0.2) is 28.0 Å². The minimum absolute atomic E-state index is 0.0252. The number of amides is 2. The van der Waals surface area contributed by atoms with E-state index in [0.29, 0.717) is 6.42 Å². The number of para-hydroxylation sites is 2. The maximum absolute atomic E-state index is 14.2. The fourth-order valence-electron chi connectivity index (χ4n) is 9.85. The van der Waals surface area contributed by atoms with Gasteiger partial charge in [-0.05, 0) is 80.2 Å². The lowest BCUT2D eigenvalue weighted by molar-refractivity contribution is -0.194. The Labute approximate surface area is 212 Å². The number of fused-ring (bicyclic) bond motifs is 1. The molecule has 3 saturated carbocycles. The smallest absolute Gasteiger partial charge is 0.309 e. The lowest BCUT2D eigenvalue weighted by Crippen LogP contribution is -2.65. The summed E-state index contributed by atoms with van der Waals surface area (Å²) < 4.78 is 0. The number of carboxylic acid groups (broad SMARTS) is 1. The van der Waals surface area contributed by atoms with Crippen LogP contribution in [0.4, 0.5) is 5.69 Å². The Morgan fingerprint density at radius 2 is 1.78 bits per heavy atom. The highest BCUT2D eigenvalue weighted by atomic mass is 16.4. The van der Waals surface area contributed by atoms with Gasteiger partial charge in [0.15, 0.2) is 0 Å². The van der Waals surface area contributed by atoms with Crippen LogP contribution in [-0.2, 0) is 14.4 Å². The van der Waals surface area contributed by atoms with Crippen molar-refractivity contribution in [1.29, 1.82) is 0 Å². The minimum Gasteiger partial charge on any atom is -0.506 e. The number of hydrogen-bond donors (Lipinski definition) is 2. The number of aliphatic carboxylic acids is 1. The number of benzene rings is 1. The first-order chi connectivity index (χ1) is 17.0. The Bertz CT molecular complexity index is 1200. The van der Waals surface area contributed by atoms with E-state index < -0.39 is 28.6 Å². The maximum atomic E-state index is 14.2. The van der Waals surface area contributed by atoms with E-state index >= 15 is 0 Å². The van der Waals surface area contributed by atoms with Crippen LogP contribution in [0.1, 0.15) is 66.2 Å². The molecule has 8 atom stereocenters. The predicted molar refractivity (Wildman–Crippen MR) is 135 cm³/mol. The van der Waals surface area contributed by atoms with E-state index in [0.717, 1.165) is 32.1 Å². The van der Waals surface area contributed by atoms with E-state index in [-0.39, 0.29) is 52.3 Å². The third kappa shape index (κ3) is 2.71. The molecule has 4 fully saturated rings. The van der Waals surface area contributed by atoms with Gasteiger partial charge in [-0.15, -0.1) is 0 Å². The Balaban J connectivity index is 1.50. The van der Waals surface area contributed by atoms with Gasteiger partial charge in [-0.25, -0.2) is 4.90 Å². The molecular formula is C30H37NO5. The molecule has 1 saturated heterocycles. The Morgan fingerprint density at radius 1 is 1.06 bits per heavy atom. The molecule has 1 heterocycles. The Kier molecular flexibility index (Phi) is 4.92. The van der Waals surface area contributed by atoms with E-state index in [1.807, 2.05) is 6.92 Å². The van der Waals surface area contributed by atoms with Crippen molar-refractivity contribution in [2.45, 2.75) is 66.2 Å². The number of carboxylic acids is 1. The van der Waals surface area contributed by atoms with Crippen molar-refractivity contribution in [1.82, 2.24) is 0 Å². The highest BCUT2D eigenvalue weighted by Gasteiger charge is 2.73. The third-order valence-corrected chi connectivity index (χ3v) is 11.3. The molecule has 5 aliphatic carbocycles. The molecule has 7 rings (SSSR count). The number of nitrogens with zero attached hydrogens (tertiary/aromatic N) is 1. The molecule has 6 nitrogen and oxygen atoms in total. The molecule has 6 aliphatic rings. The van der Waals surface area contributed by atoms with Gasteiger partial charge in [0, 0.05) is 5.41 Å². The quantitative estimate of drug-likeness (QED) is 0.436. The van der Waals surface area contributed by atoms with Gasteiger partial charge < -0.3 is 10.2 Å². The molecule has 36 heavy (non-hydrogen) atoms. The molecule has 2 bridgehead atoms. The summed E-state index contributed by atoms with van der Waals surface area (Å²) in [6.07, 6.45) is 7.24. The van der Waals surface area contributed by atoms with Gasteiger partial charge in [0.25, 0.3) is 0 Å². The third-order valence-electron chi connectivity index (χ3n) is 11.3. The first-order valence-corrected chi connectivity index (χ1v) is 13.6. The van der Waals surface area contributed by atoms with Crippen molar-refractivity contribution < 1.29 is 24.6 Å². The number of imide groups is 1. The van der Waals surface area contributed by atoms with Gasteiger partial charge in [-0.2, -0.15) is 0 Å². The van der Waals surface area contributed by atoms with Crippen LogP contribution in [0.3, 0.4) is 0 Å². The SMILES string of the molecule is CC(C)C1=C[C@@]23CC[C@H]4[C@](C)(CCC[C@@]4(C)C(=O)O)[C@@H]2C[C@@H]1[C@H]1C(=O)N(c2ccccc2O)C(=O)[C@H]13. The number of allylic oxidation sites excluding steroid dienone is 2. The van der Waals surface area contributed by atoms with E-state index in [2.05, 4.69) is 26.8 Å². The molecule has 0 unspecified atom stereocenters. The number of carbonyl (C=O) groups is 3. The van der Waals surface area contributed by atoms with Crippen LogP contribution in [0.25, 0.3) is 0 Å². The van der Waals surface area contributed by atoms with Crippen LogP contribution < -0.4 is 4.90 Å². The fraction of sp³-hybridized carbons (Fsp3) is 0.633. The number of phenolic OH excluding ortho intramolecular Hbond substituents is 1. The molecule has 1 aromatic rings. The van der Waals surface area contributed by atoms with Gasteiger partial charge >= 0.3 is 5.97 Å². The minimum atomic E-state index is -0.757.